The first-order valence-corrected chi connectivity index (χ1v) is 12.0. The van der Waals surface area contributed by atoms with Gasteiger partial charge in [-0.05, 0) is 66.1 Å². The first-order chi connectivity index (χ1) is 17.2. The van der Waals surface area contributed by atoms with Gasteiger partial charge in [-0.15, -0.1) is 0 Å². The summed E-state index contributed by atoms with van der Waals surface area (Å²) in [4.78, 5) is 30.0. The summed E-state index contributed by atoms with van der Waals surface area (Å²) in [5, 5.41) is 5.71. The normalized spacial score (nSPS) is 15.7. The van der Waals surface area contributed by atoms with E-state index in [1.165, 1.54) is 18.2 Å². The highest BCUT2D eigenvalue weighted by molar-refractivity contribution is 5.98. The van der Waals surface area contributed by atoms with Crippen LogP contribution in [0.4, 0.5) is 0 Å². The van der Waals surface area contributed by atoms with Gasteiger partial charge in [-0.1, -0.05) is 26.0 Å². The summed E-state index contributed by atoms with van der Waals surface area (Å²) in [6.45, 7) is 4.03. The maximum Gasteiger partial charge on any atom is 0.245 e. The Kier molecular flexibility index (Phi) is 9.16. The summed E-state index contributed by atoms with van der Waals surface area (Å²) in [5.41, 5.74) is 9.13. The molecular weight excluding hydrogens is 460 g/mol. The molecule has 2 aromatic rings. The molecule has 2 unspecified atom stereocenters. The van der Waals surface area contributed by atoms with Crippen LogP contribution < -0.4 is 30.6 Å². The number of carbonyl (C=O) groups excluding carboxylic acids is 2. The molecule has 3 rings (SSSR count). The minimum absolute atomic E-state index is 0.0228. The molecule has 0 saturated carbocycles. The molecule has 0 spiro atoms. The van der Waals surface area contributed by atoms with E-state index in [9.17, 15) is 9.59 Å². The van der Waals surface area contributed by atoms with Crippen molar-refractivity contribution >= 4 is 17.8 Å². The van der Waals surface area contributed by atoms with Gasteiger partial charge in [0.2, 0.25) is 11.8 Å². The number of guanidine groups is 1. The third-order valence-corrected chi connectivity index (χ3v) is 6.06. The summed E-state index contributed by atoms with van der Waals surface area (Å²) in [6.07, 6.45) is 2.06. The van der Waals surface area contributed by atoms with E-state index < -0.39 is 6.04 Å². The molecule has 1 aliphatic rings. The Morgan fingerprint density at radius 3 is 2.39 bits per heavy atom. The van der Waals surface area contributed by atoms with Gasteiger partial charge in [0.15, 0.2) is 17.5 Å². The van der Waals surface area contributed by atoms with Crippen LogP contribution in [0.15, 0.2) is 41.4 Å². The SMILES string of the molecule is COc1ccc2c(c1)CC(NC(=O)C(CC(C)C)N=C(N)NC(=O)Cc1ccc(OC)c(OC)c1)C2. The number of aliphatic imine (C=N–C) groups is 1. The molecule has 0 bridgehead atoms. The molecule has 4 N–H and O–H groups in total. The number of ether oxygens (including phenoxy) is 3. The van der Waals surface area contributed by atoms with Gasteiger partial charge in [-0.2, -0.15) is 0 Å². The summed E-state index contributed by atoms with van der Waals surface area (Å²) in [6, 6.07) is 10.5. The van der Waals surface area contributed by atoms with Crippen LogP contribution in [0.25, 0.3) is 0 Å². The van der Waals surface area contributed by atoms with Gasteiger partial charge < -0.3 is 25.3 Å². The van der Waals surface area contributed by atoms with E-state index in [0.29, 0.717) is 17.9 Å². The lowest BCUT2D eigenvalue weighted by Crippen LogP contribution is -2.44. The van der Waals surface area contributed by atoms with Crippen LogP contribution >= 0.6 is 0 Å². The zero-order chi connectivity index (χ0) is 26.2. The number of hydrogen-bond acceptors (Lipinski definition) is 6. The molecule has 9 heteroatoms. The molecular formula is C27H36N4O5. The second kappa shape index (κ2) is 12.3. The van der Waals surface area contributed by atoms with Crippen molar-refractivity contribution < 1.29 is 23.8 Å². The average Bonchev–Trinajstić information content (AvgIpc) is 3.24. The topological polar surface area (TPSA) is 124 Å². The third-order valence-electron chi connectivity index (χ3n) is 6.06. The van der Waals surface area contributed by atoms with Crippen LogP contribution in [-0.4, -0.2) is 51.2 Å². The lowest BCUT2D eigenvalue weighted by molar-refractivity contribution is -0.123. The van der Waals surface area contributed by atoms with E-state index >= 15 is 0 Å². The zero-order valence-electron chi connectivity index (χ0n) is 21.6. The van der Waals surface area contributed by atoms with Gasteiger partial charge in [0, 0.05) is 6.04 Å². The van der Waals surface area contributed by atoms with E-state index in [-0.39, 0.29) is 36.2 Å². The fraction of sp³-hybridized carbons (Fsp3) is 0.444. The first kappa shape index (κ1) is 26.8. The summed E-state index contributed by atoms with van der Waals surface area (Å²) in [5.74, 6) is 1.50. The second-order valence-electron chi connectivity index (χ2n) is 9.32. The van der Waals surface area contributed by atoms with E-state index in [2.05, 4.69) is 15.6 Å². The third kappa shape index (κ3) is 7.13. The number of nitrogens with one attached hydrogen (secondary N) is 2. The molecule has 2 amide bonds. The summed E-state index contributed by atoms with van der Waals surface area (Å²) < 4.78 is 15.8. The predicted octanol–water partition coefficient (Wildman–Crippen LogP) is 2.38. The molecule has 0 fully saturated rings. The van der Waals surface area contributed by atoms with Gasteiger partial charge in [-0.3, -0.25) is 14.9 Å². The Bertz CT molecular complexity index is 1120. The maximum atomic E-state index is 13.1. The highest BCUT2D eigenvalue weighted by atomic mass is 16.5. The van der Waals surface area contributed by atoms with Crippen LogP contribution in [0, 0.1) is 5.92 Å². The van der Waals surface area contributed by atoms with Crippen molar-refractivity contribution in [1.29, 1.82) is 0 Å². The van der Waals surface area contributed by atoms with Crippen molar-refractivity contribution in [2.45, 2.75) is 51.6 Å². The zero-order valence-corrected chi connectivity index (χ0v) is 21.6. The highest BCUT2D eigenvalue weighted by Crippen LogP contribution is 2.28. The van der Waals surface area contributed by atoms with Gasteiger partial charge in [0.1, 0.15) is 11.8 Å². The quantitative estimate of drug-likeness (QED) is 0.343. The second-order valence-corrected chi connectivity index (χ2v) is 9.32. The van der Waals surface area contributed by atoms with Crippen LogP contribution in [0.1, 0.15) is 37.0 Å². The predicted molar refractivity (Wildman–Crippen MR) is 139 cm³/mol. The Morgan fingerprint density at radius 2 is 1.72 bits per heavy atom. The average molecular weight is 497 g/mol. The number of rotatable bonds is 10. The molecule has 2 aromatic carbocycles. The van der Waals surface area contributed by atoms with Gasteiger partial charge in [0.05, 0.1) is 27.8 Å². The van der Waals surface area contributed by atoms with E-state index in [1.807, 2.05) is 32.0 Å². The number of hydrogen-bond donors (Lipinski definition) is 3. The Balaban J connectivity index is 1.62. The number of nitrogens with two attached hydrogens (primary N) is 1. The number of nitrogens with zero attached hydrogens (tertiary/aromatic N) is 1. The van der Waals surface area contributed by atoms with Crippen molar-refractivity contribution in [3.8, 4) is 17.2 Å². The lowest BCUT2D eigenvalue weighted by Gasteiger charge is -2.19. The Hall–Kier alpha value is -3.75. The number of fused-ring (bicyclic) bond motifs is 1. The van der Waals surface area contributed by atoms with Crippen molar-refractivity contribution in [3.05, 3.63) is 53.1 Å². The Labute approximate surface area is 212 Å². The highest BCUT2D eigenvalue weighted by Gasteiger charge is 2.27. The van der Waals surface area contributed by atoms with Crippen molar-refractivity contribution in [3.63, 3.8) is 0 Å². The smallest absolute Gasteiger partial charge is 0.245 e. The van der Waals surface area contributed by atoms with Crippen LogP contribution in [-0.2, 0) is 28.9 Å². The summed E-state index contributed by atoms with van der Waals surface area (Å²) in [7, 11) is 4.72. The standard InChI is InChI=1S/C27H36N4O5/c1-16(2)10-22(26(33)29-20-13-18-7-8-21(34-3)15-19(18)14-20)30-27(28)31-25(32)12-17-6-9-23(35-4)24(11-17)36-5/h6-9,11,15-16,20,22H,10,12-14H2,1-5H3,(H,29,33)(H3,28,30,31,32). The van der Waals surface area contributed by atoms with Gasteiger partial charge >= 0.3 is 0 Å². The lowest BCUT2D eigenvalue weighted by atomic mass is 10.0. The largest absolute Gasteiger partial charge is 0.497 e. The molecule has 1 aliphatic carbocycles. The molecule has 0 aromatic heterocycles. The minimum atomic E-state index is -0.704. The molecule has 9 nitrogen and oxygen atoms in total. The first-order valence-electron chi connectivity index (χ1n) is 12.0. The van der Waals surface area contributed by atoms with Crippen LogP contribution in [0.2, 0.25) is 0 Å². The van der Waals surface area contributed by atoms with Crippen LogP contribution in [0.5, 0.6) is 17.2 Å². The molecule has 194 valence electrons. The van der Waals surface area contributed by atoms with E-state index in [1.54, 1.807) is 32.4 Å². The van der Waals surface area contributed by atoms with E-state index in [0.717, 1.165) is 24.2 Å². The fourth-order valence-corrected chi connectivity index (χ4v) is 4.35. The fourth-order valence-electron chi connectivity index (χ4n) is 4.35. The Morgan fingerprint density at radius 1 is 1.00 bits per heavy atom. The molecule has 0 aliphatic heterocycles. The minimum Gasteiger partial charge on any atom is -0.497 e. The van der Waals surface area contributed by atoms with Crippen molar-refractivity contribution in [2.24, 2.45) is 16.6 Å². The van der Waals surface area contributed by atoms with E-state index in [4.69, 9.17) is 19.9 Å². The number of amides is 2. The van der Waals surface area contributed by atoms with Crippen LogP contribution in [0.3, 0.4) is 0 Å². The molecule has 36 heavy (non-hydrogen) atoms. The summed E-state index contributed by atoms with van der Waals surface area (Å²) >= 11 is 0. The molecule has 0 saturated heterocycles. The van der Waals surface area contributed by atoms with Crippen molar-refractivity contribution in [2.75, 3.05) is 21.3 Å². The molecule has 0 heterocycles. The number of benzene rings is 2. The van der Waals surface area contributed by atoms with Gasteiger partial charge in [-0.25, -0.2) is 4.99 Å². The number of methoxy groups -OCH3 is 3. The van der Waals surface area contributed by atoms with Crippen molar-refractivity contribution in [1.82, 2.24) is 10.6 Å². The molecule has 2 atom stereocenters. The number of carbonyl (C=O) groups is 2. The maximum absolute atomic E-state index is 13.1. The van der Waals surface area contributed by atoms with Gasteiger partial charge in [0.25, 0.3) is 0 Å². The molecule has 0 radical (unpaired) electrons. The monoisotopic (exact) mass is 496 g/mol.